The Morgan fingerprint density at radius 1 is 0.968 bits per heavy atom. The molecule has 3 aromatic carbocycles. The minimum Gasteiger partial charge on any atom is -0.460 e. The van der Waals surface area contributed by atoms with Crippen LogP contribution in [0.3, 0.4) is 0 Å². The van der Waals surface area contributed by atoms with E-state index < -0.39 is 19.8 Å². The molecular formula is C22H20Br2NO5P. The van der Waals surface area contributed by atoms with Crippen LogP contribution in [0.1, 0.15) is 12.5 Å². The van der Waals surface area contributed by atoms with E-state index in [4.69, 9.17) is 13.8 Å². The van der Waals surface area contributed by atoms with Crippen molar-refractivity contribution in [1.29, 1.82) is 0 Å². The summed E-state index contributed by atoms with van der Waals surface area (Å²) in [6, 6.07) is 22.1. The third-order valence-corrected chi connectivity index (χ3v) is 6.72. The van der Waals surface area contributed by atoms with Crippen molar-refractivity contribution >= 4 is 45.6 Å². The van der Waals surface area contributed by atoms with Crippen molar-refractivity contribution in [2.24, 2.45) is 0 Å². The van der Waals surface area contributed by atoms with Crippen LogP contribution in [0.25, 0.3) is 0 Å². The molecule has 1 N–H and O–H groups in total. The van der Waals surface area contributed by atoms with E-state index in [1.165, 1.54) is 6.92 Å². The lowest BCUT2D eigenvalue weighted by atomic mass is 10.2. The zero-order valence-electron chi connectivity index (χ0n) is 16.5. The highest BCUT2D eigenvalue weighted by molar-refractivity contribution is 9.11. The molecule has 0 amide bonds. The molecule has 0 saturated carbocycles. The number of ether oxygens (including phenoxy) is 1. The van der Waals surface area contributed by atoms with Gasteiger partial charge in [-0.15, -0.1) is 0 Å². The van der Waals surface area contributed by atoms with Gasteiger partial charge >= 0.3 is 13.7 Å². The molecule has 0 spiro atoms. The predicted octanol–water partition coefficient (Wildman–Crippen LogP) is 6.50. The molecule has 0 aromatic heterocycles. The number of halogens is 2. The number of para-hydroxylation sites is 1. The first kappa shape index (κ1) is 23.5. The summed E-state index contributed by atoms with van der Waals surface area (Å²) in [5, 5.41) is 2.67. The second-order valence-electron chi connectivity index (χ2n) is 6.51. The second kappa shape index (κ2) is 11.0. The van der Waals surface area contributed by atoms with E-state index in [9.17, 15) is 9.36 Å². The first-order valence-electron chi connectivity index (χ1n) is 9.32. The lowest BCUT2D eigenvalue weighted by Gasteiger charge is -2.23. The van der Waals surface area contributed by atoms with Crippen LogP contribution in [0, 0.1) is 0 Å². The molecule has 0 saturated heterocycles. The van der Waals surface area contributed by atoms with Crippen molar-refractivity contribution in [3.63, 3.8) is 0 Å². The summed E-state index contributed by atoms with van der Waals surface area (Å²) < 4.78 is 31.7. The van der Waals surface area contributed by atoms with Crippen LogP contribution in [-0.2, 0) is 20.7 Å². The van der Waals surface area contributed by atoms with Crippen molar-refractivity contribution in [2.45, 2.75) is 19.6 Å². The number of hydrogen-bond acceptors (Lipinski definition) is 5. The zero-order chi connectivity index (χ0) is 22.3. The fourth-order valence-corrected chi connectivity index (χ4v) is 5.31. The average Bonchev–Trinajstić information content (AvgIpc) is 2.75. The zero-order valence-corrected chi connectivity index (χ0v) is 20.6. The molecule has 0 heterocycles. The maximum absolute atomic E-state index is 13.6. The highest BCUT2D eigenvalue weighted by Gasteiger charge is 2.34. The van der Waals surface area contributed by atoms with E-state index in [1.807, 2.05) is 30.3 Å². The minimum atomic E-state index is -4.01. The predicted molar refractivity (Wildman–Crippen MR) is 126 cm³/mol. The molecule has 2 atom stereocenters. The highest BCUT2D eigenvalue weighted by atomic mass is 79.9. The Kier molecular flexibility index (Phi) is 8.32. The number of benzene rings is 3. The van der Waals surface area contributed by atoms with E-state index in [1.54, 1.807) is 48.5 Å². The maximum Gasteiger partial charge on any atom is 0.513 e. The molecule has 0 radical (unpaired) electrons. The van der Waals surface area contributed by atoms with Gasteiger partial charge in [0.25, 0.3) is 0 Å². The summed E-state index contributed by atoms with van der Waals surface area (Å²) in [6.45, 7) is 1.64. The third kappa shape index (κ3) is 7.21. The average molecular weight is 569 g/mol. The van der Waals surface area contributed by atoms with Crippen molar-refractivity contribution in [1.82, 2.24) is 5.09 Å². The normalized spacial score (nSPS) is 13.6. The Morgan fingerprint density at radius 2 is 1.61 bits per heavy atom. The van der Waals surface area contributed by atoms with E-state index in [0.29, 0.717) is 16.0 Å². The molecule has 162 valence electrons. The van der Waals surface area contributed by atoms with E-state index in [-0.39, 0.29) is 6.61 Å². The molecule has 3 aromatic rings. The van der Waals surface area contributed by atoms with Crippen molar-refractivity contribution < 1.29 is 23.1 Å². The number of carbonyl (C=O) groups is 1. The molecule has 3 rings (SSSR count). The fourth-order valence-electron chi connectivity index (χ4n) is 2.51. The summed E-state index contributed by atoms with van der Waals surface area (Å²) in [5.41, 5.74) is 0.849. The monoisotopic (exact) mass is 567 g/mol. The smallest absolute Gasteiger partial charge is 0.460 e. The summed E-state index contributed by atoms with van der Waals surface area (Å²) in [6.07, 6.45) is 0. The first-order chi connectivity index (χ1) is 14.8. The van der Waals surface area contributed by atoms with Crippen LogP contribution in [0.5, 0.6) is 11.5 Å². The van der Waals surface area contributed by atoms with Gasteiger partial charge in [-0.25, -0.2) is 4.57 Å². The molecule has 6 nitrogen and oxygen atoms in total. The SMILES string of the molecule is C[C@H](NP(=O)(Oc1ccccc1)Oc1ccc(Br)cc1Br)C(=O)OCc1ccccc1. The molecule has 9 heteroatoms. The molecule has 0 aliphatic heterocycles. The Balaban J connectivity index is 1.75. The number of esters is 1. The maximum atomic E-state index is 13.6. The molecule has 0 aliphatic carbocycles. The number of hydrogen-bond donors (Lipinski definition) is 1. The van der Waals surface area contributed by atoms with Crippen LogP contribution in [0.2, 0.25) is 0 Å². The highest BCUT2D eigenvalue weighted by Crippen LogP contribution is 2.47. The molecule has 1 unspecified atom stereocenters. The van der Waals surface area contributed by atoms with Crippen LogP contribution in [0.15, 0.2) is 87.8 Å². The number of carbonyl (C=O) groups excluding carboxylic acids is 1. The van der Waals surface area contributed by atoms with Gasteiger partial charge in [0.2, 0.25) is 0 Å². The molecule has 0 fully saturated rings. The molecule has 0 bridgehead atoms. The van der Waals surface area contributed by atoms with Gasteiger partial charge in [-0.2, -0.15) is 5.09 Å². The van der Waals surface area contributed by atoms with Gasteiger partial charge in [-0.1, -0.05) is 64.5 Å². The Morgan fingerprint density at radius 3 is 2.26 bits per heavy atom. The van der Waals surface area contributed by atoms with Gasteiger partial charge < -0.3 is 13.8 Å². The van der Waals surface area contributed by atoms with Crippen molar-refractivity contribution in [3.8, 4) is 11.5 Å². The standard InChI is InChI=1S/C22H20Br2NO5P/c1-16(22(26)28-15-17-8-4-2-5-9-17)25-31(27,29-19-10-6-3-7-11-19)30-21-13-12-18(23)14-20(21)24/h2-14,16H,15H2,1H3,(H,25,27)/t16-,31?/m0/s1. The molecule has 31 heavy (non-hydrogen) atoms. The van der Waals surface area contributed by atoms with Crippen LogP contribution >= 0.6 is 39.6 Å². The minimum absolute atomic E-state index is 0.106. The first-order valence-corrected chi connectivity index (χ1v) is 12.5. The summed E-state index contributed by atoms with van der Waals surface area (Å²) in [4.78, 5) is 12.5. The number of rotatable bonds is 9. The van der Waals surface area contributed by atoms with Gasteiger partial charge in [0.15, 0.2) is 0 Å². The molecular weight excluding hydrogens is 549 g/mol. The quantitative estimate of drug-likeness (QED) is 0.235. The van der Waals surface area contributed by atoms with Gasteiger partial charge in [0, 0.05) is 4.47 Å². The third-order valence-electron chi connectivity index (χ3n) is 4.01. The van der Waals surface area contributed by atoms with Crippen molar-refractivity contribution in [3.05, 3.63) is 93.4 Å². The van der Waals surface area contributed by atoms with Gasteiger partial charge in [-0.3, -0.25) is 4.79 Å². The summed E-state index contributed by atoms with van der Waals surface area (Å²) in [5.74, 6) is 0.0375. The Hall–Kier alpha value is -2.12. The van der Waals surface area contributed by atoms with Gasteiger partial charge in [0.1, 0.15) is 24.1 Å². The Bertz CT molecular complexity index is 1070. The van der Waals surface area contributed by atoms with Gasteiger partial charge in [-0.05, 0) is 58.7 Å². The van der Waals surface area contributed by atoms with Crippen molar-refractivity contribution in [2.75, 3.05) is 0 Å². The topological polar surface area (TPSA) is 73.9 Å². The van der Waals surface area contributed by atoms with Crippen LogP contribution in [0.4, 0.5) is 0 Å². The second-order valence-corrected chi connectivity index (χ2v) is 9.90. The Labute approximate surface area is 197 Å². The van der Waals surface area contributed by atoms with Crippen LogP contribution in [-0.4, -0.2) is 12.0 Å². The molecule has 0 aliphatic rings. The van der Waals surface area contributed by atoms with E-state index >= 15 is 0 Å². The largest absolute Gasteiger partial charge is 0.513 e. The lowest BCUT2D eigenvalue weighted by molar-refractivity contribution is -0.146. The lowest BCUT2D eigenvalue weighted by Crippen LogP contribution is -2.35. The fraction of sp³-hybridized carbons (Fsp3) is 0.136. The van der Waals surface area contributed by atoms with E-state index in [0.717, 1.165) is 10.0 Å². The number of nitrogens with one attached hydrogen (secondary N) is 1. The van der Waals surface area contributed by atoms with Crippen LogP contribution < -0.4 is 14.1 Å². The van der Waals surface area contributed by atoms with Gasteiger partial charge in [0.05, 0.1) is 4.47 Å². The van der Waals surface area contributed by atoms with E-state index in [2.05, 4.69) is 36.9 Å². The summed E-state index contributed by atoms with van der Waals surface area (Å²) >= 11 is 6.74. The summed E-state index contributed by atoms with van der Waals surface area (Å²) in [7, 11) is -4.01.